The van der Waals surface area contributed by atoms with E-state index in [0.29, 0.717) is 11.2 Å². The molecule has 11 heteroatoms. The van der Waals surface area contributed by atoms with Crippen LogP contribution in [0.25, 0.3) is 11.2 Å². The number of imidazole rings is 1. The first-order chi connectivity index (χ1) is 15.5. The zero-order valence-corrected chi connectivity index (χ0v) is 21.4. The van der Waals surface area contributed by atoms with Gasteiger partial charge in [0.15, 0.2) is 11.2 Å². The molecule has 5 rings (SSSR count). The van der Waals surface area contributed by atoms with Crippen LogP contribution >= 0.6 is 24.8 Å². The van der Waals surface area contributed by atoms with E-state index in [9.17, 15) is 9.59 Å². The molecule has 0 saturated carbocycles. The third-order valence-corrected chi connectivity index (χ3v) is 6.82. The Morgan fingerprint density at radius 1 is 0.853 bits per heavy atom. The van der Waals surface area contributed by atoms with Crippen LogP contribution in [0.15, 0.2) is 39.9 Å². The largest absolute Gasteiger partial charge is 0.369 e. The first-order valence-electron chi connectivity index (χ1n) is 11.5. The van der Waals surface area contributed by atoms with E-state index in [1.807, 2.05) is 4.57 Å². The zero-order chi connectivity index (χ0) is 22.2. The van der Waals surface area contributed by atoms with Crippen LogP contribution in [0, 0.1) is 0 Å². The van der Waals surface area contributed by atoms with Crippen molar-refractivity contribution in [1.29, 1.82) is 0 Å². The standard InChI is InChI=1S/C23H31N7O2.2ClH/c1-25-20-19(21(31)26(2)23(25)32)30-13-7-12-29(22(30)24-20)11-6-10-27-14-16-28(17-15-27)18-8-4-3-5-9-18;;/h3-5,8-9H,6-7,10-17H2,1-2H3;2*1H. The van der Waals surface area contributed by atoms with E-state index in [4.69, 9.17) is 4.98 Å². The number of fused-ring (bicyclic) bond motifs is 3. The number of benzene rings is 1. The van der Waals surface area contributed by atoms with Gasteiger partial charge < -0.3 is 14.4 Å². The molecule has 3 aromatic rings. The summed E-state index contributed by atoms with van der Waals surface area (Å²) in [4.78, 5) is 37.0. The van der Waals surface area contributed by atoms with Gasteiger partial charge in [0.25, 0.3) is 5.56 Å². The second-order valence-electron chi connectivity index (χ2n) is 8.80. The molecule has 0 N–H and O–H groups in total. The Morgan fingerprint density at radius 3 is 2.26 bits per heavy atom. The van der Waals surface area contributed by atoms with Gasteiger partial charge in [-0.15, -0.1) is 24.8 Å². The van der Waals surface area contributed by atoms with Crippen LogP contribution in [0.4, 0.5) is 11.6 Å². The Hall–Kier alpha value is -2.49. The SMILES string of the molecule is Cl.Cl.Cn1c(=O)c2c(nc3n2CCCN3CCCN2CCN(c3ccccc3)CC2)n(C)c1=O. The smallest absolute Gasteiger partial charge is 0.332 e. The van der Waals surface area contributed by atoms with Crippen molar-refractivity contribution in [2.45, 2.75) is 19.4 Å². The molecule has 1 saturated heterocycles. The number of halogens is 2. The molecule has 0 amide bonds. The van der Waals surface area contributed by atoms with Crippen LogP contribution in [-0.2, 0) is 20.6 Å². The van der Waals surface area contributed by atoms with Gasteiger partial charge in [-0.1, -0.05) is 18.2 Å². The van der Waals surface area contributed by atoms with E-state index in [0.717, 1.165) is 71.1 Å². The number of para-hydroxylation sites is 1. The molecular formula is C23H33Cl2N7O2. The normalized spacial score (nSPS) is 16.2. The quantitative estimate of drug-likeness (QED) is 0.521. The van der Waals surface area contributed by atoms with Gasteiger partial charge in [0.1, 0.15) is 0 Å². The van der Waals surface area contributed by atoms with E-state index in [2.05, 4.69) is 45.0 Å². The Labute approximate surface area is 211 Å². The highest BCUT2D eigenvalue weighted by atomic mass is 35.5. The van der Waals surface area contributed by atoms with Gasteiger partial charge in [0.05, 0.1) is 0 Å². The summed E-state index contributed by atoms with van der Waals surface area (Å²) in [7, 11) is 3.21. The van der Waals surface area contributed by atoms with E-state index in [1.165, 1.54) is 21.9 Å². The number of piperazine rings is 1. The number of hydrogen-bond acceptors (Lipinski definition) is 6. The first-order valence-corrected chi connectivity index (χ1v) is 11.5. The highest BCUT2D eigenvalue weighted by molar-refractivity contribution is 5.85. The van der Waals surface area contributed by atoms with Crippen LogP contribution in [0.5, 0.6) is 0 Å². The van der Waals surface area contributed by atoms with Crippen LogP contribution in [0.1, 0.15) is 12.8 Å². The van der Waals surface area contributed by atoms with E-state index in [-0.39, 0.29) is 36.1 Å². The fourth-order valence-electron chi connectivity index (χ4n) is 4.97. The molecule has 0 aliphatic carbocycles. The van der Waals surface area contributed by atoms with Crippen LogP contribution in [0.2, 0.25) is 0 Å². The van der Waals surface area contributed by atoms with Crippen molar-refractivity contribution in [1.82, 2.24) is 23.6 Å². The van der Waals surface area contributed by atoms with Crippen molar-refractivity contribution in [3.05, 3.63) is 51.2 Å². The number of aryl methyl sites for hydroxylation is 2. The number of rotatable bonds is 5. The number of hydrogen-bond donors (Lipinski definition) is 0. The summed E-state index contributed by atoms with van der Waals surface area (Å²) >= 11 is 0. The lowest BCUT2D eigenvalue weighted by Crippen LogP contribution is -2.47. The molecule has 1 fully saturated rings. The van der Waals surface area contributed by atoms with Crippen LogP contribution in [-0.4, -0.2) is 69.4 Å². The lowest BCUT2D eigenvalue weighted by atomic mass is 10.2. The Morgan fingerprint density at radius 2 is 1.56 bits per heavy atom. The summed E-state index contributed by atoms with van der Waals surface area (Å²) in [6.07, 6.45) is 2.02. The summed E-state index contributed by atoms with van der Waals surface area (Å²) in [5, 5.41) is 0. The van der Waals surface area contributed by atoms with Crippen molar-refractivity contribution in [2.24, 2.45) is 14.1 Å². The molecule has 0 atom stereocenters. The van der Waals surface area contributed by atoms with Crippen molar-refractivity contribution < 1.29 is 0 Å². The second kappa shape index (κ2) is 10.8. The molecule has 9 nitrogen and oxygen atoms in total. The molecule has 2 aliphatic heterocycles. The molecular weight excluding hydrogens is 477 g/mol. The molecule has 1 aromatic carbocycles. The van der Waals surface area contributed by atoms with Crippen molar-refractivity contribution in [3.8, 4) is 0 Å². The molecule has 4 heterocycles. The lowest BCUT2D eigenvalue weighted by molar-refractivity contribution is 0.255. The highest BCUT2D eigenvalue weighted by Gasteiger charge is 2.25. The molecule has 186 valence electrons. The van der Waals surface area contributed by atoms with Crippen LogP contribution in [0.3, 0.4) is 0 Å². The maximum atomic E-state index is 12.8. The van der Waals surface area contributed by atoms with Gasteiger partial charge in [0, 0.05) is 65.6 Å². The summed E-state index contributed by atoms with van der Waals surface area (Å²) in [6, 6.07) is 10.6. The van der Waals surface area contributed by atoms with Gasteiger partial charge in [-0.05, 0) is 31.5 Å². The first kappa shape index (κ1) is 26.1. The van der Waals surface area contributed by atoms with Gasteiger partial charge in [-0.3, -0.25) is 18.8 Å². The molecule has 2 aromatic heterocycles. The number of nitrogens with zero attached hydrogens (tertiary/aromatic N) is 7. The Kier molecular flexibility index (Phi) is 8.33. The van der Waals surface area contributed by atoms with Crippen molar-refractivity contribution >= 4 is 47.6 Å². The van der Waals surface area contributed by atoms with Gasteiger partial charge in [-0.25, -0.2) is 4.79 Å². The molecule has 34 heavy (non-hydrogen) atoms. The topological polar surface area (TPSA) is 71.5 Å². The number of anilines is 2. The van der Waals surface area contributed by atoms with Crippen molar-refractivity contribution in [2.75, 3.05) is 55.6 Å². The van der Waals surface area contributed by atoms with E-state index in [1.54, 1.807) is 7.05 Å². The van der Waals surface area contributed by atoms with E-state index < -0.39 is 0 Å². The Bertz CT molecular complexity index is 1230. The summed E-state index contributed by atoms with van der Waals surface area (Å²) in [5.41, 5.74) is 1.72. The average molecular weight is 510 g/mol. The molecule has 0 bridgehead atoms. The average Bonchev–Trinajstić information content (AvgIpc) is 3.23. The minimum atomic E-state index is -0.334. The predicted molar refractivity (Wildman–Crippen MR) is 141 cm³/mol. The summed E-state index contributed by atoms with van der Waals surface area (Å²) < 4.78 is 4.65. The van der Waals surface area contributed by atoms with Gasteiger partial charge >= 0.3 is 5.69 Å². The maximum absolute atomic E-state index is 12.8. The van der Waals surface area contributed by atoms with Gasteiger partial charge in [-0.2, -0.15) is 4.98 Å². The summed E-state index contributed by atoms with van der Waals surface area (Å²) in [5.74, 6) is 0.818. The molecule has 2 aliphatic rings. The molecule has 0 unspecified atom stereocenters. The fraction of sp³-hybridized carbons (Fsp3) is 0.522. The summed E-state index contributed by atoms with van der Waals surface area (Å²) in [6.45, 7) is 7.91. The highest BCUT2D eigenvalue weighted by Crippen LogP contribution is 2.24. The van der Waals surface area contributed by atoms with Gasteiger partial charge in [0.2, 0.25) is 5.95 Å². The minimum absolute atomic E-state index is 0. The molecule has 0 radical (unpaired) electrons. The van der Waals surface area contributed by atoms with E-state index >= 15 is 0 Å². The number of aromatic nitrogens is 4. The predicted octanol–water partition coefficient (Wildman–Crippen LogP) is 1.70. The molecule has 0 spiro atoms. The zero-order valence-electron chi connectivity index (χ0n) is 19.7. The second-order valence-corrected chi connectivity index (χ2v) is 8.80. The third-order valence-electron chi connectivity index (χ3n) is 6.82. The lowest BCUT2D eigenvalue weighted by Gasteiger charge is -2.36. The Balaban J connectivity index is 0.00000162. The minimum Gasteiger partial charge on any atom is -0.369 e. The monoisotopic (exact) mass is 509 g/mol. The van der Waals surface area contributed by atoms with Crippen molar-refractivity contribution in [3.63, 3.8) is 0 Å². The van der Waals surface area contributed by atoms with Crippen LogP contribution < -0.4 is 21.0 Å². The fourth-order valence-corrected chi connectivity index (χ4v) is 4.97. The third kappa shape index (κ3) is 4.69. The maximum Gasteiger partial charge on any atom is 0.332 e.